The number of aliphatic imine (C=N–C) groups is 1. The zero-order valence-corrected chi connectivity index (χ0v) is 15.3. The molecule has 0 radical (unpaired) electrons. The summed E-state index contributed by atoms with van der Waals surface area (Å²) >= 11 is 0. The number of piperidine rings is 1. The van der Waals surface area contributed by atoms with Gasteiger partial charge in [-0.1, -0.05) is 39.5 Å². The summed E-state index contributed by atoms with van der Waals surface area (Å²) < 4.78 is 0. The second kappa shape index (κ2) is 11.8. The number of unbranched alkanes of at least 4 members (excludes halogenated alkanes) is 3. The van der Waals surface area contributed by atoms with Crippen LogP contribution in [0.15, 0.2) is 4.99 Å². The van der Waals surface area contributed by atoms with E-state index in [0.717, 1.165) is 30.9 Å². The van der Waals surface area contributed by atoms with Gasteiger partial charge in [-0.15, -0.1) is 0 Å². The molecule has 0 aromatic heterocycles. The van der Waals surface area contributed by atoms with Crippen LogP contribution in [-0.2, 0) is 0 Å². The zero-order valence-electron chi connectivity index (χ0n) is 15.3. The van der Waals surface area contributed by atoms with Crippen LogP contribution in [0.25, 0.3) is 0 Å². The molecule has 0 unspecified atom stereocenters. The van der Waals surface area contributed by atoms with E-state index in [2.05, 4.69) is 41.4 Å². The van der Waals surface area contributed by atoms with Gasteiger partial charge in [-0.3, -0.25) is 4.99 Å². The van der Waals surface area contributed by atoms with Crippen LogP contribution in [0.5, 0.6) is 0 Å². The molecule has 22 heavy (non-hydrogen) atoms. The van der Waals surface area contributed by atoms with Gasteiger partial charge in [-0.25, -0.2) is 0 Å². The minimum Gasteiger partial charge on any atom is -0.356 e. The topological polar surface area (TPSA) is 39.7 Å². The van der Waals surface area contributed by atoms with Gasteiger partial charge in [-0.05, 0) is 51.2 Å². The van der Waals surface area contributed by atoms with Crippen molar-refractivity contribution in [2.45, 2.75) is 58.8 Å². The van der Waals surface area contributed by atoms with E-state index < -0.39 is 0 Å². The van der Waals surface area contributed by atoms with Gasteiger partial charge in [0.05, 0.1) is 0 Å². The molecule has 1 aliphatic heterocycles. The molecule has 0 saturated carbocycles. The summed E-state index contributed by atoms with van der Waals surface area (Å²) in [6.07, 6.45) is 9.28. The summed E-state index contributed by atoms with van der Waals surface area (Å²) in [7, 11) is 4.08. The minimum absolute atomic E-state index is 0.797. The molecule has 1 saturated heterocycles. The summed E-state index contributed by atoms with van der Waals surface area (Å²) in [4.78, 5) is 6.75. The first-order valence-corrected chi connectivity index (χ1v) is 9.25. The predicted octanol–water partition coefficient (Wildman–Crippen LogP) is 3.10. The van der Waals surface area contributed by atoms with E-state index in [-0.39, 0.29) is 0 Å². The molecule has 4 heteroatoms. The van der Waals surface area contributed by atoms with Gasteiger partial charge >= 0.3 is 0 Å². The molecule has 0 amide bonds. The molecular weight excluding hydrogens is 272 g/mol. The molecule has 1 heterocycles. The Kier molecular flexibility index (Phi) is 10.3. The molecule has 0 spiro atoms. The van der Waals surface area contributed by atoms with E-state index in [1.54, 1.807) is 0 Å². The number of hydrogen-bond donors (Lipinski definition) is 2. The van der Waals surface area contributed by atoms with Crippen molar-refractivity contribution in [1.82, 2.24) is 15.5 Å². The Hall–Kier alpha value is -0.770. The van der Waals surface area contributed by atoms with Crippen LogP contribution < -0.4 is 10.6 Å². The highest BCUT2D eigenvalue weighted by molar-refractivity contribution is 5.79. The maximum absolute atomic E-state index is 4.33. The van der Waals surface area contributed by atoms with Crippen LogP contribution in [0.1, 0.15) is 58.8 Å². The normalized spacial score (nSPS) is 18.0. The van der Waals surface area contributed by atoms with Gasteiger partial charge < -0.3 is 15.5 Å². The average molecular weight is 311 g/mol. The van der Waals surface area contributed by atoms with Crippen molar-refractivity contribution in [1.29, 1.82) is 0 Å². The van der Waals surface area contributed by atoms with E-state index in [1.165, 1.54) is 58.0 Å². The van der Waals surface area contributed by atoms with Crippen molar-refractivity contribution in [2.24, 2.45) is 16.8 Å². The summed E-state index contributed by atoms with van der Waals surface area (Å²) in [6.45, 7) is 9.17. The Morgan fingerprint density at radius 1 is 1.09 bits per heavy atom. The average Bonchev–Trinajstić information content (AvgIpc) is 2.50. The number of nitrogens with zero attached hydrogens (tertiary/aromatic N) is 2. The lowest BCUT2D eigenvalue weighted by Gasteiger charge is -2.29. The van der Waals surface area contributed by atoms with E-state index in [4.69, 9.17) is 0 Å². The van der Waals surface area contributed by atoms with E-state index in [0.29, 0.717) is 0 Å². The third kappa shape index (κ3) is 9.29. The minimum atomic E-state index is 0.797. The zero-order chi connectivity index (χ0) is 16.2. The first-order chi connectivity index (χ1) is 10.6. The molecule has 0 aromatic rings. The summed E-state index contributed by atoms with van der Waals surface area (Å²) in [6, 6.07) is 0. The number of rotatable bonds is 9. The van der Waals surface area contributed by atoms with Gasteiger partial charge in [-0.2, -0.15) is 0 Å². The second-order valence-corrected chi connectivity index (χ2v) is 7.22. The van der Waals surface area contributed by atoms with Crippen LogP contribution in [0.2, 0.25) is 0 Å². The largest absolute Gasteiger partial charge is 0.356 e. The molecule has 0 aliphatic carbocycles. The highest BCUT2D eigenvalue weighted by Crippen LogP contribution is 2.14. The van der Waals surface area contributed by atoms with Crippen molar-refractivity contribution in [3.8, 4) is 0 Å². The van der Waals surface area contributed by atoms with Gasteiger partial charge in [0, 0.05) is 20.1 Å². The van der Waals surface area contributed by atoms with Crippen molar-refractivity contribution in [2.75, 3.05) is 40.3 Å². The van der Waals surface area contributed by atoms with Crippen LogP contribution in [0, 0.1) is 11.8 Å². The molecule has 130 valence electrons. The smallest absolute Gasteiger partial charge is 0.190 e. The fourth-order valence-corrected chi connectivity index (χ4v) is 2.97. The summed E-state index contributed by atoms with van der Waals surface area (Å²) in [5.41, 5.74) is 0. The van der Waals surface area contributed by atoms with Gasteiger partial charge in [0.1, 0.15) is 0 Å². The SMILES string of the molecule is CN=C(NCCCCCCC(C)C)NCC1CCN(C)CC1. The molecule has 1 aliphatic rings. The highest BCUT2D eigenvalue weighted by Gasteiger charge is 2.16. The Labute approximate surface area is 138 Å². The summed E-state index contributed by atoms with van der Waals surface area (Å²) in [5.74, 6) is 2.62. The molecule has 4 nitrogen and oxygen atoms in total. The quantitative estimate of drug-likeness (QED) is 0.390. The maximum Gasteiger partial charge on any atom is 0.190 e. The van der Waals surface area contributed by atoms with Gasteiger partial charge in [0.2, 0.25) is 0 Å². The maximum atomic E-state index is 4.33. The van der Waals surface area contributed by atoms with E-state index >= 15 is 0 Å². The van der Waals surface area contributed by atoms with Crippen LogP contribution in [-0.4, -0.2) is 51.1 Å². The fourth-order valence-electron chi connectivity index (χ4n) is 2.97. The first kappa shape index (κ1) is 19.3. The van der Waals surface area contributed by atoms with Crippen molar-refractivity contribution in [3.05, 3.63) is 0 Å². The second-order valence-electron chi connectivity index (χ2n) is 7.22. The number of guanidine groups is 1. The van der Waals surface area contributed by atoms with E-state index in [9.17, 15) is 0 Å². The Morgan fingerprint density at radius 3 is 2.41 bits per heavy atom. The fraction of sp³-hybridized carbons (Fsp3) is 0.944. The van der Waals surface area contributed by atoms with Crippen LogP contribution in [0.4, 0.5) is 0 Å². The molecule has 2 N–H and O–H groups in total. The standard InChI is InChI=1S/C18H38N4/c1-16(2)9-7-5-6-8-12-20-18(19-3)21-15-17-10-13-22(4)14-11-17/h16-17H,5-15H2,1-4H3,(H2,19,20,21). The summed E-state index contributed by atoms with van der Waals surface area (Å²) in [5, 5.41) is 6.94. The number of likely N-dealkylation sites (tertiary alicyclic amines) is 1. The molecule has 0 aromatic carbocycles. The first-order valence-electron chi connectivity index (χ1n) is 9.25. The number of hydrogen-bond acceptors (Lipinski definition) is 2. The van der Waals surface area contributed by atoms with Gasteiger partial charge in [0.15, 0.2) is 5.96 Å². The third-order valence-corrected chi connectivity index (χ3v) is 4.62. The molecule has 1 rings (SSSR count). The predicted molar refractivity (Wildman–Crippen MR) is 97.5 cm³/mol. The lowest BCUT2D eigenvalue weighted by Crippen LogP contribution is -2.42. The Morgan fingerprint density at radius 2 is 1.77 bits per heavy atom. The molecular formula is C18H38N4. The van der Waals surface area contributed by atoms with Crippen LogP contribution >= 0.6 is 0 Å². The van der Waals surface area contributed by atoms with Crippen LogP contribution in [0.3, 0.4) is 0 Å². The lowest BCUT2D eigenvalue weighted by molar-refractivity contribution is 0.220. The highest BCUT2D eigenvalue weighted by atomic mass is 15.2. The van der Waals surface area contributed by atoms with Crippen molar-refractivity contribution < 1.29 is 0 Å². The Balaban J connectivity index is 2.00. The monoisotopic (exact) mass is 310 g/mol. The third-order valence-electron chi connectivity index (χ3n) is 4.62. The van der Waals surface area contributed by atoms with Gasteiger partial charge in [0.25, 0.3) is 0 Å². The van der Waals surface area contributed by atoms with Crippen molar-refractivity contribution >= 4 is 5.96 Å². The molecule has 0 bridgehead atoms. The number of nitrogens with one attached hydrogen (secondary N) is 2. The lowest BCUT2D eigenvalue weighted by atomic mass is 9.97. The Bertz CT molecular complexity index is 293. The molecule has 1 fully saturated rings. The van der Waals surface area contributed by atoms with E-state index in [1.807, 2.05) is 7.05 Å². The van der Waals surface area contributed by atoms with Crippen molar-refractivity contribution in [3.63, 3.8) is 0 Å². The molecule has 0 atom stereocenters.